The van der Waals surface area contributed by atoms with Crippen molar-refractivity contribution in [2.75, 3.05) is 6.66 Å². The third-order valence-electron chi connectivity index (χ3n) is 5.64. The predicted octanol–water partition coefficient (Wildman–Crippen LogP) is 4.80. The van der Waals surface area contributed by atoms with E-state index in [4.69, 9.17) is 0 Å². The minimum absolute atomic E-state index is 0.848. The van der Waals surface area contributed by atoms with Crippen LogP contribution in [0.5, 0.6) is 0 Å². The third kappa shape index (κ3) is 1.54. The molecule has 0 unspecified atom stereocenters. The summed E-state index contributed by atoms with van der Waals surface area (Å²) in [6.07, 6.45) is 0. The van der Waals surface area contributed by atoms with Gasteiger partial charge in [0.05, 0.1) is 0 Å². The molecule has 0 nitrogen and oxygen atoms in total. The van der Waals surface area contributed by atoms with E-state index < -0.39 is 6.60 Å². The molecule has 0 aliphatic carbocycles. The third-order valence-corrected chi connectivity index (χ3v) is 16.9. The van der Waals surface area contributed by atoms with E-state index in [-0.39, 0.29) is 0 Å². The first-order chi connectivity index (χ1) is 6.10. The van der Waals surface area contributed by atoms with Gasteiger partial charge in [0.1, 0.15) is 0 Å². The quantitative estimate of drug-likeness (QED) is 0.594. The predicted molar refractivity (Wildman–Crippen MR) is 73.4 cm³/mol. The van der Waals surface area contributed by atoms with Gasteiger partial charge in [0.15, 0.2) is 0 Å². The molecule has 0 aromatic heterocycles. The zero-order valence-corrected chi connectivity index (χ0v) is 12.7. The van der Waals surface area contributed by atoms with Crippen molar-refractivity contribution in [1.82, 2.24) is 0 Å². The molecule has 0 aliphatic heterocycles. The molecule has 0 saturated heterocycles. The Morgan fingerprint density at radius 2 is 0.643 bits per heavy atom. The monoisotopic (exact) mass is 218 g/mol. The van der Waals surface area contributed by atoms with Gasteiger partial charge < -0.3 is 0 Å². The number of rotatable bonds is 4. The Kier molecular flexibility index (Phi) is 4.25. The molecule has 0 radical (unpaired) electrons. The fourth-order valence-electron chi connectivity index (χ4n) is 3.58. The second-order valence-corrected chi connectivity index (χ2v) is 14.3. The second-order valence-electron chi connectivity index (χ2n) is 6.30. The molecule has 0 heterocycles. The second kappa shape index (κ2) is 4.12. The summed E-state index contributed by atoms with van der Waals surface area (Å²) in [7, 11) is 0. The summed E-state index contributed by atoms with van der Waals surface area (Å²) in [6.45, 7) is 20.6. The zero-order chi connectivity index (χ0) is 11.8. The van der Waals surface area contributed by atoms with E-state index in [9.17, 15) is 0 Å². The van der Waals surface area contributed by atoms with Crippen molar-refractivity contribution in [3.63, 3.8) is 0 Å². The molecule has 0 amide bonds. The van der Waals surface area contributed by atoms with Gasteiger partial charge in [-0.2, -0.15) is 0 Å². The molecule has 1 heteroatoms. The van der Waals surface area contributed by atoms with Crippen LogP contribution in [0.15, 0.2) is 0 Å². The van der Waals surface area contributed by atoms with Crippen LogP contribution < -0.4 is 0 Å². The summed E-state index contributed by atoms with van der Waals surface area (Å²) in [5.74, 6) is 0. The Labute approximate surface area is 91.8 Å². The van der Waals surface area contributed by atoms with E-state index in [2.05, 4.69) is 62.1 Å². The van der Waals surface area contributed by atoms with Crippen molar-refractivity contribution in [3.8, 4) is 0 Å². The van der Waals surface area contributed by atoms with Crippen LogP contribution in [0.4, 0.5) is 0 Å². The summed E-state index contributed by atoms with van der Waals surface area (Å²) >= 11 is 0. The molecular weight excluding hydrogens is 187 g/mol. The average Bonchev–Trinajstić information content (AvgIpc) is 2.00. The molecule has 0 aliphatic rings. The molecule has 0 spiro atoms. The molecule has 0 bridgehead atoms. The molecule has 0 fully saturated rings. The molecule has 14 heavy (non-hydrogen) atoms. The summed E-state index contributed by atoms with van der Waals surface area (Å²) in [4.78, 5) is 0. The van der Waals surface area contributed by atoms with Crippen LogP contribution in [0, 0.1) is 0 Å². The van der Waals surface area contributed by atoms with Gasteiger partial charge in [0, 0.05) is 0 Å². The Bertz CT molecular complexity index is 146. The van der Waals surface area contributed by atoms with Crippen molar-refractivity contribution >= 4 is 6.60 Å². The summed E-state index contributed by atoms with van der Waals surface area (Å²) < 4.78 is 0. The van der Waals surface area contributed by atoms with E-state index in [0.717, 1.165) is 22.6 Å². The molecule has 88 valence electrons. The molecule has 0 aromatic rings. The van der Waals surface area contributed by atoms with Gasteiger partial charge in [-0.25, -0.2) is 0 Å². The van der Waals surface area contributed by atoms with Crippen LogP contribution in [0.25, 0.3) is 0 Å². The minimum atomic E-state index is -1.59. The van der Waals surface area contributed by atoms with E-state index in [1.165, 1.54) is 0 Å². The van der Waals surface area contributed by atoms with E-state index in [1.807, 2.05) is 0 Å². The fourth-order valence-corrected chi connectivity index (χ4v) is 10.7. The van der Waals surface area contributed by atoms with E-state index in [1.54, 1.807) is 0 Å². The van der Waals surface area contributed by atoms with Gasteiger partial charge in [-0.05, 0) is 0 Å². The topological polar surface area (TPSA) is 0 Å². The summed E-state index contributed by atoms with van der Waals surface area (Å²) in [5.41, 5.74) is 3.39. The Morgan fingerprint density at radius 3 is 0.643 bits per heavy atom. The maximum atomic E-state index is 2.64. The van der Waals surface area contributed by atoms with E-state index >= 15 is 0 Å². The Morgan fingerprint density at radius 1 is 0.500 bits per heavy atom. The van der Waals surface area contributed by atoms with Crippen LogP contribution in [0.3, 0.4) is 0 Å². The van der Waals surface area contributed by atoms with Crippen LogP contribution in [0.1, 0.15) is 55.4 Å². The van der Waals surface area contributed by atoms with Gasteiger partial charge in [-0.15, -0.1) is 0 Å². The van der Waals surface area contributed by atoms with Gasteiger partial charge >= 0.3 is 91.3 Å². The van der Waals surface area contributed by atoms with Crippen molar-refractivity contribution in [3.05, 3.63) is 0 Å². The van der Waals surface area contributed by atoms with Crippen molar-refractivity contribution in [1.29, 1.82) is 0 Å². The van der Waals surface area contributed by atoms with Crippen molar-refractivity contribution < 1.29 is 0 Å². The van der Waals surface area contributed by atoms with Crippen LogP contribution >= 0.6 is 6.60 Å². The van der Waals surface area contributed by atoms with Crippen LogP contribution in [-0.2, 0) is 0 Å². The Balaban J connectivity index is 5.62. The van der Waals surface area contributed by atoms with Gasteiger partial charge in [-0.1, -0.05) is 0 Å². The molecule has 0 atom stereocenters. The average molecular weight is 218 g/mol. The maximum absolute atomic E-state index is 2.64. The molecular formula is C13H31P. The van der Waals surface area contributed by atoms with Gasteiger partial charge in [0.25, 0.3) is 0 Å². The normalized spacial score (nSPS) is 16.8. The van der Waals surface area contributed by atoms with Crippen LogP contribution in [0.2, 0.25) is 0 Å². The van der Waals surface area contributed by atoms with Crippen LogP contribution in [-0.4, -0.2) is 29.3 Å². The zero-order valence-electron chi connectivity index (χ0n) is 11.8. The molecule has 0 aromatic carbocycles. The standard InChI is InChI=1S/C13H31P/c1-10(2)14(9,11(3)4,12(5)6)13(7)8/h10-13H,1-9H3. The Hall–Kier alpha value is 0.430. The number of hydrogen-bond donors (Lipinski definition) is 0. The van der Waals surface area contributed by atoms with Crippen molar-refractivity contribution in [2.45, 2.75) is 78.0 Å². The number of hydrogen-bond acceptors (Lipinski definition) is 0. The van der Waals surface area contributed by atoms with Gasteiger partial charge in [-0.3, -0.25) is 0 Å². The SMILES string of the molecule is CC(C)P(C)(C(C)C)(C(C)C)C(C)C. The fraction of sp³-hybridized carbons (Fsp3) is 1.00. The molecule has 0 N–H and O–H groups in total. The van der Waals surface area contributed by atoms with E-state index in [0.29, 0.717) is 0 Å². The van der Waals surface area contributed by atoms with Crippen molar-refractivity contribution in [2.24, 2.45) is 0 Å². The first-order valence-electron chi connectivity index (χ1n) is 6.10. The molecule has 0 saturated carbocycles. The molecule has 0 rings (SSSR count). The first kappa shape index (κ1) is 14.4. The summed E-state index contributed by atoms with van der Waals surface area (Å²) in [5, 5.41) is 0. The van der Waals surface area contributed by atoms with Gasteiger partial charge in [0.2, 0.25) is 0 Å². The first-order valence-corrected chi connectivity index (χ1v) is 9.06. The summed E-state index contributed by atoms with van der Waals surface area (Å²) in [6, 6.07) is 0.